The molecule has 1 N–H and O–H groups in total. The van der Waals surface area contributed by atoms with Crippen molar-refractivity contribution in [1.29, 1.82) is 0 Å². The van der Waals surface area contributed by atoms with Crippen LogP contribution in [0.1, 0.15) is 6.92 Å². The molecule has 2 aromatic carbocycles. The lowest BCUT2D eigenvalue weighted by Crippen LogP contribution is -2.20. The maximum atomic E-state index is 12.1. The highest BCUT2D eigenvalue weighted by Gasteiger charge is 2.10. The Morgan fingerprint density at radius 1 is 1.28 bits per heavy atom. The summed E-state index contributed by atoms with van der Waals surface area (Å²) >= 11 is 10.6. The molecule has 0 aliphatic rings. The average Bonchev–Trinajstić information content (AvgIpc) is 2.95. The van der Waals surface area contributed by atoms with Crippen molar-refractivity contribution < 1.29 is 14.3 Å². The van der Waals surface area contributed by atoms with Gasteiger partial charge in [-0.25, -0.2) is 4.98 Å². The molecule has 8 heteroatoms. The molecule has 0 fully saturated rings. The van der Waals surface area contributed by atoms with Crippen LogP contribution in [0.25, 0.3) is 10.2 Å². The average molecular weight is 442 g/mol. The lowest BCUT2D eigenvalue weighted by atomic mass is 10.3. The second kappa shape index (κ2) is 8.03. The molecule has 0 atom stereocenters. The number of amides is 1. The van der Waals surface area contributed by atoms with Crippen LogP contribution in [0, 0.1) is 0 Å². The fraction of sp³-hybridized carbons (Fsp3) is 0.176. The molecule has 5 nitrogen and oxygen atoms in total. The lowest BCUT2D eigenvalue weighted by molar-refractivity contribution is -0.118. The molecule has 0 aliphatic carbocycles. The van der Waals surface area contributed by atoms with E-state index in [0.717, 1.165) is 16.0 Å². The quantitative estimate of drug-likeness (QED) is 0.576. The predicted octanol–water partition coefficient (Wildman–Crippen LogP) is 5.13. The fourth-order valence-electron chi connectivity index (χ4n) is 2.11. The zero-order chi connectivity index (χ0) is 17.8. The third-order valence-corrected chi connectivity index (χ3v) is 4.96. The predicted molar refractivity (Wildman–Crippen MR) is 104 cm³/mol. The molecular formula is C17H14BrClN2O3S. The fourth-order valence-corrected chi connectivity index (χ4v) is 3.81. The van der Waals surface area contributed by atoms with Crippen LogP contribution < -0.4 is 14.8 Å². The van der Waals surface area contributed by atoms with Crippen molar-refractivity contribution in [3.63, 3.8) is 0 Å². The van der Waals surface area contributed by atoms with E-state index in [9.17, 15) is 4.79 Å². The number of halogens is 2. The molecule has 0 saturated heterocycles. The largest absolute Gasteiger partial charge is 0.494 e. The Hall–Kier alpha value is -1.83. The highest BCUT2D eigenvalue weighted by molar-refractivity contribution is 9.10. The van der Waals surface area contributed by atoms with Crippen molar-refractivity contribution in [2.24, 2.45) is 0 Å². The summed E-state index contributed by atoms with van der Waals surface area (Å²) in [5.41, 5.74) is 0.810. The van der Waals surface area contributed by atoms with Gasteiger partial charge in [0.1, 0.15) is 11.5 Å². The minimum atomic E-state index is -0.286. The number of fused-ring (bicyclic) bond motifs is 1. The summed E-state index contributed by atoms with van der Waals surface area (Å²) < 4.78 is 12.6. The number of ether oxygens (including phenoxy) is 2. The molecule has 0 bridgehead atoms. The third-order valence-electron chi connectivity index (χ3n) is 3.17. The molecule has 1 aromatic heterocycles. The van der Waals surface area contributed by atoms with Gasteiger partial charge in [0.15, 0.2) is 11.7 Å². The molecule has 0 spiro atoms. The SMILES string of the molecule is CCOc1ccc2nc(NC(=O)COc3ccc(Cl)cc3Br)sc2c1. The van der Waals surface area contributed by atoms with E-state index in [1.54, 1.807) is 18.2 Å². The van der Waals surface area contributed by atoms with Gasteiger partial charge in [-0.15, -0.1) is 0 Å². The summed E-state index contributed by atoms with van der Waals surface area (Å²) in [7, 11) is 0. The van der Waals surface area contributed by atoms with Gasteiger partial charge in [0.2, 0.25) is 0 Å². The van der Waals surface area contributed by atoms with Gasteiger partial charge < -0.3 is 9.47 Å². The Morgan fingerprint density at radius 3 is 2.88 bits per heavy atom. The Balaban J connectivity index is 1.63. The van der Waals surface area contributed by atoms with Crippen molar-refractivity contribution in [3.8, 4) is 11.5 Å². The maximum Gasteiger partial charge on any atom is 0.264 e. The third kappa shape index (κ3) is 4.62. The zero-order valence-electron chi connectivity index (χ0n) is 13.2. The monoisotopic (exact) mass is 440 g/mol. The number of carbonyl (C=O) groups is 1. The molecule has 3 rings (SSSR count). The van der Waals surface area contributed by atoms with Gasteiger partial charge in [0.25, 0.3) is 5.91 Å². The molecule has 3 aromatic rings. The number of aromatic nitrogens is 1. The van der Waals surface area contributed by atoms with Crippen molar-refractivity contribution in [2.45, 2.75) is 6.92 Å². The van der Waals surface area contributed by atoms with Crippen LogP contribution in [0.4, 0.5) is 5.13 Å². The minimum Gasteiger partial charge on any atom is -0.494 e. The Labute approximate surface area is 162 Å². The normalized spacial score (nSPS) is 10.7. The minimum absolute atomic E-state index is 0.125. The number of hydrogen-bond donors (Lipinski definition) is 1. The Kier molecular flexibility index (Phi) is 5.78. The first-order valence-corrected chi connectivity index (χ1v) is 9.45. The Bertz CT molecular complexity index is 916. The second-order valence-electron chi connectivity index (χ2n) is 4.99. The number of carbonyl (C=O) groups excluding carboxylic acids is 1. The van der Waals surface area contributed by atoms with Gasteiger partial charge in [0, 0.05) is 5.02 Å². The number of hydrogen-bond acceptors (Lipinski definition) is 5. The van der Waals surface area contributed by atoms with E-state index in [0.29, 0.717) is 27.0 Å². The standard InChI is InChI=1S/C17H14BrClN2O3S/c1-2-23-11-4-5-13-15(8-11)25-17(20-13)21-16(22)9-24-14-6-3-10(19)7-12(14)18/h3-8H,2,9H2,1H3,(H,20,21,22). The van der Waals surface area contributed by atoms with E-state index in [1.165, 1.54) is 11.3 Å². The smallest absolute Gasteiger partial charge is 0.264 e. The van der Waals surface area contributed by atoms with Crippen molar-refractivity contribution in [2.75, 3.05) is 18.5 Å². The number of nitrogens with one attached hydrogen (secondary N) is 1. The number of anilines is 1. The lowest BCUT2D eigenvalue weighted by Gasteiger charge is -2.07. The van der Waals surface area contributed by atoms with Crippen LogP contribution in [0.3, 0.4) is 0 Å². The Morgan fingerprint density at radius 2 is 2.12 bits per heavy atom. The molecule has 0 aliphatic heterocycles. The number of thiazole rings is 1. The first-order chi connectivity index (χ1) is 12.0. The summed E-state index contributed by atoms with van der Waals surface area (Å²) in [5, 5.41) is 3.85. The number of rotatable bonds is 6. The maximum absolute atomic E-state index is 12.1. The van der Waals surface area contributed by atoms with E-state index in [1.807, 2.05) is 25.1 Å². The first kappa shape index (κ1) is 18.0. The second-order valence-corrected chi connectivity index (χ2v) is 7.31. The zero-order valence-corrected chi connectivity index (χ0v) is 16.4. The van der Waals surface area contributed by atoms with Gasteiger partial charge >= 0.3 is 0 Å². The summed E-state index contributed by atoms with van der Waals surface area (Å²) in [4.78, 5) is 16.5. The van der Waals surface area contributed by atoms with Crippen molar-refractivity contribution in [3.05, 3.63) is 45.9 Å². The van der Waals surface area contributed by atoms with Crippen LogP contribution >= 0.6 is 38.9 Å². The molecule has 1 heterocycles. The van der Waals surface area contributed by atoms with Gasteiger partial charge in [-0.3, -0.25) is 10.1 Å². The van der Waals surface area contributed by atoms with Crippen molar-refractivity contribution in [1.82, 2.24) is 4.98 Å². The van der Waals surface area contributed by atoms with Gasteiger partial charge in [0.05, 0.1) is 21.3 Å². The van der Waals surface area contributed by atoms with Gasteiger partial charge in [-0.05, 0) is 59.3 Å². The van der Waals surface area contributed by atoms with Crippen LogP contribution in [-0.4, -0.2) is 24.1 Å². The summed E-state index contributed by atoms with van der Waals surface area (Å²) in [6.07, 6.45) is 0. The highest BCUT2D eigenvalue weighted by atomic mass is 79.9. The van der Waals surface area contributed by atoms with E-state index in [4.69, 9.17) is 21.1 Å². The molecular weight excluding hydrogens is 428 g/mol. The number of benzene rings is 2. The number of nitrogens with zero attached hydrogens (tertiary/aromatic N) is 1. The molecule has 0 unspecified atom stereocenters. The van der Waals surface area contributed by atoms with Gasteiger partial charge in [-0.1, -0.05) is 22.9 Å². The molecule has 25 heavy (non-hydrogen) atoms. The molecule has 130 valence electrons. The van der Waals surface area contributed by atoms with E-state index < -0.39 is 0 Å². The van der Waals surface area contributed by atoms with Crippen molar-refractivity contribution >= 4 is 60.1 Å². The molecule has 1 amide bonds. The van der Waals surface area contributed by atoms with Crippen LogP contribution in [0.5, 0.6) is 11.5 Å². The topological polar surface area (TPSA) is 60.5 Å². The summed E-state index contributed by atoms with van der Waals surface area (Å²) in [5.74, 6) is 1.04. The first-order valence-electron chi connectivity index (χ1n) is 7.46. The highest BCUT2D eigenvalue weighted by Crippen LogP contribution is 2.30. The summed E-state index contributed by atoms with van der Waals surface area (Å²) in [6, 6.07) is 10.7. The van der Waals surface area contributed by atoms with E-state index in [-0.39, 0.29) is 12.5 Å². The molecule has 0 saturated carbocycles. The molecule has 0 radical (unpaired) electrons. The van der Waals surface area contributed by atoms with E-state index >= 15 is 0 Å². The van der Waals surface area contributed by atoms with Crippen LogP contribution in [-0.2, 0) is 4.79 Å². The van der Waals surface area contributed by atoms with Crippen LogP contribution in [0.2, 0.25) is 5.02 Å². The van der Waals surface area contributed by atoms with Crippen LogP contribution in [0.15, 0.2) is 40.9 Å². The van der Waals surface area contributed by atoms with Gasteiger partial charge in [-0.2, -0.15) is 0 Å². The summed E-state index contributed by atoms with van der Waals surface area (Å²) in [6.45, 7) is 2.41. The van der Waals surface area contributed by atoms with E-state index in [2.05, 4.69) is 26.2 Å².